The lowest BCUT2D eigenvalue weighted by molar-refractivity contribution is 0.139. The van der Waals surface area contributed by atoms with Gasteiger partial charge in [-0.2, -0.15) is 0 Å². The Morgan fingerprint density at radius 2 is 1.81 bits per heavy atom. The molecule has 1 N–H and O–H groups in total. The molecule has 1 atom stereocenters. The minimum absolute atomic E-state index is 0.415. The van der Waals surface area contributed by atoms with E-state index in [0.29, 0.717) is 19.4 Å². The lowest BCUT2D eigenvalue weighted by Gasteiger charge is -2.12. The van der Waals surface area contributed by atoms with Crippen LogP contribution in [-0.4, -0.2) is 24.9 Å². The van der Waals surface area contributed by atoms with Gasteiger partial charge in [0, 0.05) is 6.42 Å². The van der Waals surface area contributed by atoms with Gasteiger partial charge < -0.3 is 14.6 Å². The molecule has 0 bridgehead atoms. The normalized spacial score (nSPS) is 12.0. The number of methoxy groups -OCH3 is 1. The summed E-state index contributed by atoms with van der Waals surface area (Å²) in [5.41, 5.74) is 2.24. The Bertz CT molecular complexity index is 566. The first kappa shape index (κ1) is 15.4. The van der Waals surface area contributed by atoms with Crippen LogP contribution < -0.4 is 9.47 Å². The van der Waals surface area contributed by atoms with Crippen LogP contribution >= 0.6 is 0 Å². The molecule has 0 aliphatic rings. The van der Waals surface area contributed by atoms with E-state index in [9.17, 15) is 5.11 Å². The highest BCUT2D eigenvalue weighted by molar-refractivity contribution is 5.29. The SMILES string of the molecule is COc1cccc(CC(O)CCOc2cccc(C)c2)c1. The van der Waals surface area contributed by atoms with Gasteiger partial charge in [-0.25, -0.2) is 0 Å². The Morgan fingerprint density at radius 1 is 1.05 bits per heavy atom. The lowest BCUT2D eigenvalue weighted by Crippen LogP contribution is -2.14. The molecule has 0 saturated heterocycles. The molecule has 0 spiro atoms. The van der Waals surface area contributed by atoms with Gasteiger partial charge in [-0.3, -0.25) is 0 Å². The van der Waals surface area contributed by atoms with E-state index in [1.165, 1.54) is 5.56 Å². The van der Waals surface area contributed by atoms with E-state index >= 15 is 0 Å². The van der Waals surface area contributed by atoms with E-state index in [2.05, 4.69) is 0 Å². The fraction of sp³-hybridized carbons (Fsp3) is 0.333. The molecular weight excluding hydrogens is 264 g/mol. The van der Waals surface area contributed by atoms with Gasteiger partial charge in [-0.1, -0.05) is 24.3 Å². The highest BCUT2D eigenvalue weighted by Crippen LogP contribution is 2.16. The number of hydrogen-bond acceptors (Lipinski definition) is 3. The minimum atomic E-state index is -0.415. The zero-order valence-electron chi connectivity index (χ0n) is 12.6. The second-order valence-corrected chi connectivity index (χ2v) is 5.16. The molecule has 0 aromatic heterocycles. The van der Waals surface area contributed by atoms with Gasteiger partial charge in [-0.05, 0) is 48.7 Å². The second-order valence-electron chi connectivity index (χ2n) is 5.16. The predicted octanol–water partition coefficient (Wildman–Crippen LogP) is 3.38. The molecule has 3 heteroatoms. The Balaban J connectivity index is 1.78. The number of aliphatic hydroxyl groups excluding tert-OH is 1. The van der Waals surface area contributed by atoms with Gasteiger partial charge in [0.2, 0.25) is 0 Å². The maximum Gasteiger partial charge on any atom is 0.119 e. The van der Waals surface area contributed by atoms with Crippen LogP contribution in [0, 0.1) is 6.92 Å². The number of aryl methyl sites for hydroxylation is 1. The van der Waals surface area contributed by atoms with Crippen molar-refractivity contribution in [2.24, 2.45) is 0 Å². The zero-order chi connectivity index (χ0) is 15.1. The molecule has 0 saturated carbocycles. The quantitative estimate of drug-likeness (QED) is 0.848. The van der Waals surface area contributed by atoms with Crippen molar-refractivity contribution in [3.8, 4) is 11.5 Å². The van der Waals surface area contributed by atoms with Crippen LogP contribution in [-0.2, 0) is 6.42 Å². The Morgan fingerprint density at radius 3 is 2.57 bits per heavy atom. The smallest absolute Gasteiger partial charge is 0.119 e. The van der Waals surface area contributed by atoms with Crippen molar-refractivity contribution in [3.63, 3.8) is 0 Å². The number of benzene rings is 2. The highest BCUT2D eigenvalue weighted by atomic mass is 16.5. The van der Waals surface area contributed by atoms with Gasteiger partial charge in [0.25, 0.3) is 0 Å². The van der Waals surface area contributed by atoms with E-state index < -0.39 is 6.10 Å². The molecular formula is C18H22O3. The van der Waals surface area contributed by atoms with Crippen LogP contribution in [0.4, 0.5) is 0 Å². The average Bonchev–Trinajstić information content (AvgIpc) is 2.47. The monoisotopic (exact) mass is 286 g/mol. The van der Waals surface area contributed by atoms with Crippen LogP contribution in [0.15, 0.2) is 48.5 Å². The molecule has 0 amide bonds. The molecule has 1 unspecified atom stereocenters. The summed E-state index contributed by atoms with van der Waals surface area (Å²) in [6.07, 6.45) is 0.793. The van der Waals surface area contributed by atoms with Crippen LogP contribution in [0.2, 0.25) is 0 Å². The van der Waals surface area contributed by atoms with Crippen LogP contribution in [0.25, 0.3) is 0 Å². The summed E-state index contributed by atoms with van der Waals surface area (Å²) in [6, 6.07) is 15.7. The summed E-state index contributed by atoms with van der Waals surface area (Å²) >= 11 is 0. The molecule has 2 aromatic carbocycles. The molecule has 0 aliphatic carbocycles. The van der Waals surface area contributed by atoms with Crippen molar-refractivity contribution in [2.45, 2.75) is 25.9 Å². The first-order valence-electron chi connectivity index (χ1n) is 7.18. The van der Waals surface area contributed by atoms with Gasteiger partial charge in [0.05, 0.1) is 19.8 Å². The van der Waals surface area contributed by atoms with Crippen molar-refractivity contribution in [2.75, 3.05) is 13.7 Å². The zero-order valence-corrected chi connectivity index (χ0v) is 12.6. The summed E-state index contributed by atoms with van der Waals surface area (Å²) in [5, 5.41) is 10.1. The van der Waals surface area contributed by atoms with Gasteiger partial charge in [0.1, 0.15) is 11.5 Å². The van der Waals surface area contributed by atoms with E-state index in [1.54, 1.807) is 7.11 Å². The van der Waals surface area contributed by atoms with E-state index in [1.807, 2.05) is 55.5 Å². The van der Waals surface area contributed by atoms with Gasteiger partial charge >= 0.3 is 0 Å². The molecule has 0 fully saturated rings. The number of rotatable bonds is 7. The Hall–Kier alpha value is -2.00. The number of aliphatic hydroxyl groups is 1. The van der Waals surface area contributed by atoms with Crippen molar-refractivity contribution >= 4 is 0 Å². The first-order chi connectivity index (χ1) is 10.2. The molecule has 0 radical (unpaired) electrons. The molecule has 21 heavy (non-hydrogen) atoms. The van der Waals surface area contributed by atoms with Crippen LogP contribution in [0.3, 0.4) is 0 Å². The first-order valence-corrected chi connectivity index (χ1v) is 7.18. The summed E-state index contributed by atoms with van der Waals surface area (Å²) in [4.78, 5) is 0. The molecule has 2 aromatic rings. The summed E-state index contributed by atoms with van der Waals surface area (Å²) < 4.78 is 10.8. The number of ether oxygens (including phenoxy) is 2. The fourth-order valence-corrected chi connectivity index (χ4v) is 2.19. The summed E-state index contributed by atoms with van der Waals surface area (Å²) in [7, 11) is 1.64. The fourth-order valence-electron chi connectivity index (χ4n) is 2.19. The van der Waals surface area contributed by atoms with Crippen molar-refractivity contribution in [3.05, 3.63) is 59.7 Å². The molecule has 3 nitrogen and oxygen atoms in total. The highest BCUT2D eigenvalue weighted by Gasteiger charge is 2.07. The maximum atomic E-state index is 10.1. The van der Waals surface area contributed by atoms with Gasteiger partial charge in [0.15, 0.2) is 0 Å². The molecule has 2 rings (SSSR count). The summed E-state index contributed by atoms with van der Waals surface area (Å²) in [6.45, 7) is 2.54. The van der Waals surface area contributed by atoms with Crippen LogP contribution in [0.5, 0.6) is 11.5 Å². The van der Waals surface area contributed by atoms with Crippen molar-refractivity contribution < 1.29 is 14.6 Å². The topological polar surface area (TPSA) is 38.7 Å². The Labute approximate surface area is 126 Å². The molecule has 0 heterocycles. The third-order valence-electron chi connectivity index (χ3n) is 3.31. The lowest BCUT2D eigenvalue weighted by atomic mass is 10.1. The largest absolute Gasteiger partial charge is 0.497 e. The third kappa shape index (κ3) is 5.12. The van der Waals surface area contributed by atoms with Gasteiger partial charge in [-0.15, -0.1) is 0 Å². The second kappa shape index (κ2) is 7.70. The minimum Gasteiger partial charge on any atom is -0.497 e. The van der Waals surface area contributed by atoms with Crippen molar-refractivity contribution in [1.82, 2.24) is 0 Å². The van der Waals surface area contributed by atoms with E-state index in [-0.39, 0.29) is 0 Å². The summed E-state index contributed by atoms with van der Waals surface area (Å²) in [5.74, 6) is 1.67. The number of hydrogen-bond donors (Lipinski definition) is 1. The molecule has 112 valence electrons. The Kier molecular flexibility index (Phi) is 5.64. The van der Waals surface area contributed by atoms with Crippen molar-refractivity contribution in [1.29, 1.82) is 0 Å². The maximum absolute atomic E-state index is 10.1. The predicted molar refractivity (Wildman–Crippen MR) is 84.0 cm³/mol. The standard InChI is InChI=1S/C18H22O3/c1-14-5-3-8-18(11-14)21-10-9-16(19)12-15-6-4-7-17(13-15)20-2/h3-8,11,13,16,19H,9-10,12H2,1-2H3. The van der Waals surface area contributed by atoms with E-state index in [0.717, 1.165) is 17.1 Å². The third-order valence-corrected chi connectivity index (χ3v) is 3.31. The average molecular weight is 286 g/mol. The molecule has 0 aliphatic heterocycles. The van der Waals surface area contributed by atoms with E-state index in [4.69, 9.17) is 9.47 Å². The van der Waals surface area contributed by atoms with Crippen LogP contribution in [0.1, 0.15) is 17.5 Å².